The first-order chi connectivity index (χ1) is 10.6. The summed E-state index contributed by atoms with van der Waals surface area (Å²) in [5, 5.41) is 17.4. The van der Waals surface area contributed by atoms with Crippen molar-refractivity contribution in [2.24, 2.45) is 7.05 Å². The van der Waals surface area contributed by atoms with Gasteiger partial charge >= 0.3 is 5.97 Å². The van der Waals surface area contributed by atoms with Crippen LogP contribution in [-0.4, -0.2) is 40.6 Å². The number of carboxylic acid groups (broad SMARTS) is 1. The van der Waals surface area contributed by atoms with Crippen molar-refractivity contribution in [3.05, 3.63) is 53.1 Å². The highest BCUT2D eigenvalue weighted by molar-refractivity contribution is 5.88. The van der Waals surface area contributed by atoms with Crippen molar-refractivity contribution in [1.29, 1.82) is 0 Å². The van der Waals surface area contributed by atoms with E-state index in [9.17, 15) is 14.7 Å². The molecule has 0 radical (unpaired) electrons. The van der Waals surface area contributed by atoms with Crippen LogP contribution < -0.4 is 5.56 Å². The minimum absolute atomic E-state index is 0.279. The Morgan fingerprint density at radius 3 is 2.55 bits per heavy atom. The maximum Gasteiger partial charge on any atom is 0.341 e. The normalized spacial score (nSPS) is 10.6. The average Bonchev–Trinajstić information content (AvgIpc) is 2.94. The van der Waals surface area contributed by atoms with Crippen molar-refractivity contribution in [1.82, 2.24) is 29.5 Å². The lowest BCUT2D eigenvalue weighted by atomic mass is 10.2. The number of carboxylic acids is 1. The van der Waals surface area contributed by atoms with E-state index in [0.717, 1.165) is 4.68 Å². The number of aryl methyl sites for hydroxylation is 1. The van der Waals surface area contributed by atoms with E-state index in [2.05, 4.69) is 20.2 Å². The Kier molecular flexibility index (Phi) is 3.22. The number of rotatable bonds is 3. The Balaban J connectivity index is 2.28. The molecule has 9 nitrogen and oxygen atoms in total. The molecule has 0 amide bonds. The molecule has 3 aromatic heterocycles. The van der Waals surface area contributed by atoms with Gasteiger partial charge in [0.1, 0.15) is 17.6 Å². The molecule has 0 saturated carbocycles. The van der Waals surface area contributed by atoms with Gasteiger partial charge in [0.25, 0.3) is 5.56 Å². The molecular weight excluding hydrogens is 288 g/mol. The van der Waals surface area contributed by atoms with Crippen molar-refractivity contribution < 1.29 is 9.90 Å². The van der Waals surface area contributed by atoms with E-state index in [1.807, 2.05) is 0 Å². The maximum absolute atomic E-state index is 12.3. The van der Waals surface area contributed by atoms with Gasteiger partial charge in [0.05, 0.1) is 18.1 Å². The van der Waals surface area contributed by atoms with Gasteiger partial charge in [-0.15, -0.1) is 0 Å². The van der Waals surface area contributed by atoms with Gasteiger partial charge in [-0.25, -0.2) is 14.8 Å². The lowest BCUT2D eigenvalue weighted by Crippen LogP contribution is -2.27. The number of hydrogen-bond acceptors (Lipinski definition) is 6. The summed E-state index contributed by atoms with van der Waals surface area (Å²) in [6.45, 7) is 0. The Labute approximate surface area is 123 Å². The number of carbonyl (C=O) groups is 1. The Hall–Kier alpha value is -3.36. The van der Waals surface area contributed by atoms with Gasteiger partial charge in [-0.1, -0.05) is 0 Å². The Morgan fingerprint density at radius 2 is 1.95 bits per heavy atom. The molecule has 0 unspecified atom stereocenters. The fraction of sp³-hybridized carbons (Fsp3) is 0.0769. The molecule has 110 valence electrons. The van der Waals surface area contributed by atoms with E-state index in [4.69, 9.17) is 0 Å². The number of hydrogen-bond donors (Lipinski definition) is 1. The van der Waals surface area contributed by atoms with Crippen LogP contribution in [0.5, 0.6) is 0 Å². The molecule has 0 spiro atoms. The van der Waals surface area contributed by atoms with Crippen LogP contribution in [0.2, 0.25) is 0 Å². The predicted octanol–water partition coefficient (Wildman–Crippen LogP) is 0.121. The van der Waals surface area contributed by atoms with Crippen LogP contribution in [0.4, 0.5) is 0 Å². The number of aromatic nitrogens is 6. The zero-order valence-electron chi connectivity index (χ0n) is 11.4. The standard InChI is InChI=1S/C13H10N6O3/c1-18-6-9(5-16-18)19-12(20)10(13(21)22)2-11(17-19)8-3-14-7-15-4-8/h2-7H,1H3,(H,21,22). The van der Waals surface area contributed by atoms with E-state index in [0.29, 0.717) is 11.3 Å². The van der Waals surface area contributed by atoms with Crippen LogP contribution in [-0.2, 0) is 7.05 Å². The second kappa shape index (κ2) is 5.20. The van der Waals surface area contributed by atoms with E-state index < -0.39 is 17.1 Å². The van der Waals surface area contributed by atoms with Crippen LogP contribution in [0.25, 0.3) is 16.9 Å². The van der Waals surface area contributed by atoms with Crippen LogP contribution in [0.3, 0.4) is 0 Å². The van der Waals surface area contributed by atoms with Crippen LogP contribution >= 0.6 is 0 Å². The molecule has 3 rings (SSSR count). The monoisotopic (exact) mass is 298 g/mol. The third-order valence-corrected chi connectivity index (χ3v) is 2.93. The van der Waals surface area contributed by atoms with Crippen molar-refractivity contribution in [3.8, 4) is 16.9 Å². The summed E-state index contributed by atoms with van der Waals surface area (Å²) in [4.78, 5) is 31.3. The zero-order chi connectivity index (χ0) is 15.7. The second-order valence-electron chi connectivity index (χ2n) is 4.46. The second-order valence-corrected chi connectivity index (χ2v) is 4.46. The largest absolute Gasteiger partial charge is 0.477 e. The van der Waals surface area contributed by atoms with Crippen molar-refractivity contribution in [2.45, 2.75) is 0 Å². The summed E-state index contributed by atoms with van der Waals surface area (Å²) in [7, 11) is 1.68. The van der Waals surface area contributed by atoms with E-state index in [1.54, 1.807) is 13.2 Å². The first-order valence-corrected chi connectivity index (χ1v) is 6.18. The lowest BCUT2D eigenvalue weighted by Gasteiger charge is -2.06. The predicted molar refractivity (Wildman–Crippen MR) is 74.6 cm³/mol. The quantitative estimate of drug-likeness (QED) is 0.730. The molecule has 3 heterocycles. The molecule has 1 N–H and O–H groups in total. The van der Waals surface area contributed by atoms with Gasteiger partial charge in [0.15, 0.2) is 0 Å². The summed E-state index contributed by atoms with van der Waals surface area (Å²) in [6, 6.07) is 1.20. The Bertz CT molecular complexity index is 900. The maximum atomic E-state index is 12.3. The molecule has 22 heavy (non-hydrogen) atoms. The van der Waals surface area contributed by atoms with Gasteiger partial charge in [-0.3, -0.25) is 9.48 Å². The van der Waals surface area contributed by atoms with Crippen LogP contribution in [0.1, 0.15) is 10.4 Å². The number of nitrogens with zero attached hydrogens (tertiary/aromatic N) is 6. The third-order valence-electron chi connectivity index (χ3n) is 2.93. The molecule has 0 aliphatic carbocycles. The third kappa shape index (κ3) is 2.35. The van der Waals surface area contributed by atoms with Crippen molar-refractivity contribution >= 4 is 5.97 Å². The average molecular weight is 298 g/mol. The summed E-state index contributed by atoms with van der Waals surface area (Å²) >= 11 is 0. The van der Waals surface area contributed by atoms with Gasteiger partial charge in [-0.05, 0) is 6.07 Å². The number of aromatic carboxylic acids is 1. The highest BCUT2D eigenvalue weighted by Crippen LogP contribution is 2.15. The highest BCUT2D eigenvalue weighted by atomic mass is 16.4. The molecule has 3 aromatic rings. The molecule has 9 heteroatoms. The summed E-state index contributed by atoms with van der Waals surface area (Å²) < 4.78 is 2.49. The van der Waals surface area contributed by atoms with E-state index >= 15 is 0 Å². The van der Waals surface area contributed by atoms with E-state index in [1.165, 1.54) is 35.7 Å². The van der Waals surface area contributed by atoms with Crippen molar-refractivity contribution in [2.75, 3.05) is 0 Å². The smallest absolute Gasteiger partial charge is 0.341 e. The zero-order valence-corrected chi connectivity index (χ0v) is 11.4. The Morgan fingerprint density at radius 1 is 1.23 bits per heavy atom. The van der Waals surface area contributed by atoms with E-state index in [-0.39, 0.29) is 5.69 Å². The molecule has 0 aromatic carbocycles. The fourth-order valence-corrected chi connectivity index (χ4v) is 1.91. The van der Waals surface area contributed by atoms with Gasteiger partial charge in [0, 0.05) is 25.0 Å². The minimum Gasteiger partial charge on any atom is -0.477 e. The first kappa shape index (κ1) is 13.6. The SMILES string of the molecule is Cn1cc(-n2nc(-c3cncnc3)cc(C(=O)O)c2=O)cn1. The fourth-order valence-electron chi connectivity index (χ4n) is 1.91. The van der Waals surface area contributed by atoms with Crippen LogP contribution in [0.15, 0.2) is 42.0 Å². The highest BCUT2D eigenvalue weighted by Gasteiger charge is 2.17. The van der Waals surface area contributed by atoms with Gasteiger partial charge in [-0.2, -0.15) is 14.9 Å². The molecular formula is C13H10N6O3. The molecule has 0 bridgehead atoms. The van der Waals surface area contributed by atoms with Crippen molar-refractivity contribution in [3.63, 3.8) is 0 Å². The summed E-state index contributed by atoms with van der Waals surface area (Å²) in [5.74, 6) is -1.33. The van der Waals surface area contributed by atoms with Gasteiger partial charge < -0.3 is 5.11 Å². The molecule has 0 saturated heterocycles. The minimum atomic E-state index is -1.33. The summed E-state index contributed by atoms with van der Waals surface area (Å²) in [6.07, 6.45) is 7.30. The molecule has 0 aliphatic heterocycles. The topological polar surface area (TPSA) is 116 Å². The molecule has 0 atom stereocenters. The summed E-state index contributed by atoms with van der Waals surface area (Å²) in [5.41, 5.74) is 0.0246. The van der Waals surface area contributed by atoms with Gasteiger partial charge in [0.2, 0.25) is 0 Å². The molecule has 0 aliphatic rings. The molecule has 0 fully saturated rings. The first-order valence-electron chi connectivity index (χ1n) is 6.18. The lowest BCUT2D eigenvalue weighted by molar-refractivity contribution is 0.0694. The van der Waals surface area contributed by atoms with Crippen LogP contribution in [0, 0.1) is 0 Å².